The first-order valence-electron chi connectivity index (χ1n) is 11.7. The van der Waals surface area contributed by atoms with E-state index in [0.717, 1.165) is 18.5 Å². The van der Waals surface area contributed by atoms with Crippen molar-refractivity contribution in [3.8, 4) is 0 Å². The number of Topliss-reactive ketones (excluding diaryl/α,β-unsaturated/α-hetero) is 2. The fraction of sp³-hybridized carbons (Fsp3) is 0.826. The van der Waals surface area contributed by atoms with Gasteiger partial charge < -0.3 is 18.9 Å². The molecule has 0 aliphatic carbocycles. The van der Waals surface area contributed by atoms with Crippen LogP contribution < -0.4 is 0 Å². The minimum atomic E-state index is 0.0521. The maximum absolute atomic E-state index is 11.8. The van der Waals surface area contributed by atoms with Crippen molar-refractivity contribution in [3.05, 3.63) is 11.9 Å². The van der Waals surface area contributed by atoms with Crippen LogP contribution >= 0.6 is 0 Å². The van der Waals surface area contributed by atoms with E-state index < -0.39 is 0 Å². The molecule has 1 unspecified atom stereocenters. The van der Waals surface area contributed by atoms with Gasteiger partial charge in [-0.2, -0.15) is 0 Å². The van der Waals surface area contributed by atoms with Crippen LogP contribution in [0.5, 0.6) is 0 Å². The van der Waals surface area contributed by atoms with Gasteiger partial charge in [0.05, 0.1) is 65.6 Å². The van der Waals surface area contributed by atoms with Crippen LogP contribution in [0.3, 0.4) is 0 Å². The third kappa shape index (κ3) is 13.7. The maximum Gasteiger partial charge on any atom is 0.137 e. The van der Waals surface area contributed by atoms with E-state index in [1.807, 2.05) is 27.0 Å². The summed E-state index contributed by atoms with van der Waals surface area (Å²) in [5, 5.41) is 8.10. The van der Waals surface area contributed by atoms with E-state index >= 15 is 0 Å². The SMILES string of the molecule is CCCC(C)C(=O)CCOCCOCCOCc1cn(CCOCCC(=O)C(C)C)nn1. The number of hydrogen-bond acceptors (Lipinski definition) is 8. The summed E-state index contributed by atoms with van der Waals surface area (Å²) in [4.78, 5) is 23.3. The number of rotatable bonds is 21. The second-order valence-corrected chi connectivity index (χ2v) is 8.14. The summed E-state index contributed by atoms with van der Waals surface area (Å²) >= 11 is 0. The van der Waals surface area contributed by atoms with Crippen molar-refractivity contribution in [2.45, 2.75) is 66.5 Å². The topological polar surface area (TPSA) is 102 Å². The van der Waals surface area contributed by atoms with Crippen LogP contribution in [0.25, 0.3) is 0 Å². The van der Waals surface area contributed by atoms with Gasteiger partial charge in [-0.25, -0.2) is 4.68 Å². The Balaban J connectivity index is 1.95. The van der Waals surface area contributed by atoms with Crippen LogP contribution in [0.2, 0.25) is 0 Å². The quantitative estimate of drug-likeness (QED) is 0.261. The van der Waals surface area contributed by atoms with Gasteiger partial charge in [0.15, 0.2) is 0 Å². The smallest absolute Gasteiger partial charge is 0.137 e. The molecule has 9 heteroatoms. The van der Waals surface area contributed by atoms with E-state index in [1.54, 1.807) is 4.68 Å². The molecule has 1 rings (SSSR count). The molecule has 1 aromatic rings. The number of carbonyl (C=O) groups is 2. The molecule has 0 spiro atoms. The summed E-state index contributed by atoms with van der Waals surface area (Å²) in [5.41, 5.74) is 0.741. The Labute approximate surface area is 192 Å². The first kappa shape index (κ1) is 28.4. The van der Waals surface area contributed by atoms with Crippen molar-refractivity contribution in [1.29, 1.82) is 0 Å². The molecule has 0 fully saturated rings. The number of ether oxygens (including phenoxy) is 4. The highest BCUT2D eigenvalue weighted by Crippen LogP contribution is 2.08. The molecular weight excluding hydrogens is 414 g/mol. The van der Waals surface area contributed by atoms with Crippen LogP contribution in [0, 0.1) is 11.8 Å². The summed E-state index contributed by atoms with van der Waals surface area (Å²) in [6.45, 7) is 12.0. The van der Waals surface area contributed by atoms with Crippen LogP contribution in [-0.4, -0.2) is 72.8 Å². The largest absolute Gasteiger partial charge is 0.379 e. The highest BCUT2D eigenvalue weighted by molar-refractivity contribution is 5.80. The van der Waals surface area contributed by atoms with Crippen LogP contribution in [0.15, 0.2) is 6.20 Å². The van der Waals surface area contributed by atoms with Gasteiger partial charge >= 0.3 is 0 Å². The summed E-state index contributed by atoms with van der Waals surface area (Å²) in [6.07, 6.45) is 4.70. The van der Waals surface area contributed by atoms with Gasteiger partial charge in [0.2, 0.25) is 0 Å². The van der Waals surface area contributed by atoms with Gasteiger partial charge in [0.25, 0.3) is 0 Å². The molecule has 0 amide bonds. The van der Waals surface area contributed by atoms with Crippen molar-refractivity contribution in [2.75, 3.05) is 46.2 Å². The Bertz CT molecular complexity index is 635. The van der Waals surface area contributed by atoms with E-state index in [4.69, 9.17) is 18.9 Å². The van der Waals surface area contributed by atoms with E-state index in [-0.39, 0.29) is 23.4 Å². The predicted molar refractivity (Wildman–Crippen MR) is 120 cm³/mol. The fourth-order valence-electron chi connectivity index (χ4n) is 2.87. The lowest BCUT2D eigenvalue weighted by atomic mass is 9.99. The summed E-state index contributed by atoms with van der Waals surface area (Å²) < 4.78 is 23.6. The molecule has 0 aliphatic rings. The van der Waals surface area contributed by atoms with Crippen molar-refractivity contribution in [3.63, 3.8) is 0 Å². The maximum atomic E-state index is 11.8. The Hall–Kier alpha value is -1.68. The van der Waals surface area contributed by atoms with Crippen LogP contribution in [0.1, 0.15) is 59.1 Å². The van der Waals surface area contributed by atoms with Crippen LogP contribution in [-0.2, 0) is 41.7 Å². The van der Waals surface area contributed by atoms with Crippen molar-refractivity contribution in [1.82, 2.24) is 15.0 Å². The van der Waals surface area contributed by atoms with Crippen molar-refractivity contribution >= 4 is 11.6 Å². The van der Waals surface area contributed by atoms with E-state index in [1.165, 1.54) is 0 Å². The Morgan fingerprint density at radius 1 is 0.875 bits per heavy atom. The third-order valence-electron chi connectivity index (χ3n) is 4.95. The predicted octanol–water partition coefficient (Wildman–Crippen LogP) is 2.86. The second kappa shape index (κ2) is 17.8. The number of carbonyl (C=O) groups excluding carboxylic acids is 2. The normalized spacial score (nSPS) is 12.4. The Kier molecular flexibility index (Phi) is 15.8. The molecule has 184 valence electrons. The van der Waals surface area contributed by atoms with E-state index in [0.29, 0.717) is 72.2 Å². The first-order valence-corrected chi connectivity index (χ1v) is 11.7. The Morgan fingerprint density at radius 2 is 1.47 bits per heavy atom. The first-order chi connectivity index (χ1) is 15.4. The number of hydrogen-bond donors (Lipinski definition) is 0. The zero-order valence-electron chi connectivity index (χ0n) is 20.2. The van der Waals surface area contributed by atoms with E-state index in [9.17, 15) is 9.59 Å². The van der Waals surface area contributed by atoms with Gasteiger partial charge in [0.1, 0.15) is 17.3 Å². The highest BCUT2D eigenvalue weighted by atomic mass is 16.5. The zero-order valence-corrected chi connectivity index (χ0v) is 20.2. The van der Waals surface area contributed by atoms with Gasteiger partial charge in [0, 0.05) is 24.7 Å². The molecule has 1 heterocycles. The summed E-state index contributed by atoms with van der Waals surface area (Å²) in [5.74, 6) is 0.657. The van der Waals surface area contributed by atoms with Crippen LogP contribution in [0.4, 0.5) is 0 Å². The summed E-state index contributed by atoms with van der Waals surface area (Å²) in [6, 6.07) is 0. The minimum Gasteiger partial charge on any atom is -0.379 e. The molecule has 9 nitrogen and oxygen atoms in total. The second-order valence-electron chi connectivity index (χ2n) is 8.14. The lowest BCUT2D eigenvalue weighted by molar-refractivity contribution is -0.124. The molecule has 1 aromatic heterocycles. The number of aromatic nitrogens is 3. The molecular formula is C23H41N3O6. The average Bonchev–Trinajstić information content (AvgIpc) is 3.22. The van der Waals surface area contributed by atoms with Gasteiger partial charge in [-0.3, -0.25) is 9.59 Å². The number of nitrogens with zero attached hydrogens (tertiary/aromatic N) is 3. The molecule has 0 aliphatic heterocycles. The van der Waals surface area contributed by atoms with Gasteiger partial charge in [-0.1, -0.05) is 39.3 Å². The van der Waals surface area contributed by atoms with Crippen molar-refractivity contribution < 1.29 is 28.5 Å². The lowest BCUT2D eigenvalue weighted by Gasteiger charge is -2.09. The summed E-state index contributed by atoms with van der Waals surface area (Å²) in [7, 11) is 0. The van der Waals surface area contributed by atoms with Gasteiger partial charge in [-0.15, -0.1) is 5.10 Å². The molecule has 0 N–H and O–H groups in total. The fourth-order valence-corrected chi connectivity index (χ4v) is 2.87. The minimum absolute atomic E-state index is 0.0521. The molecule has 0 aromatic carbocycles. The molecule has 32 heavy (non-hydrogen) atoms. The Morgan fingerprint density at radius 3 is 2.12 bits per heavy atom. The third-order valence-corrected chi connectivity index (χ3v) is 4.95. The average molecular weight is 456 g/mol. The lowest BCUT2D eigenvalue weighted by Crippen LogP contribution is -2.15. The molecule has 1 atom stereocenters. The molecule has 0 radical (unpaired) electrons. The zero-order chi connectivity index (χ0) is 23.6. The van der Waals surface area contributed by atoms with Gasteiger partial charge in [-0.05, 0) is 6.42 Å². The standard InChI is InChI=1S/C23H41N3O6/c1-5-6-20(4)23(28)8-11-30-13-14-31-15-16-32-18-21-17-26(25-24-21)9-12-29-10-7-22(27)19(2)3/h17,19-20H,5-16,18H2,1-4H3. The molecule has 0 bridgehead atoms. The monoisotopic (exact) mass is 455 g/mol. The highest BCUT2D eigenvalue weighted by Gasteiger charge is 2.11. The van der Waals surface area contributed by atoms with Crippen molar-refractivity contribution in [2.24, 2.45) is 11.8 Å². The number of ketones is 2. The molecule has 0 saturated carbocycles. The van der Waals surface area contributed by atoms with E-state index in [2.05, 4.69) is 17.2 Å². The molecule has 0 saturated heterocycles.